The third-order valence-electron chi connectivity index (χ3n) is 9.49. The zero-order valence-corrected chi connectivity index (χ0v) is 38.9. The van der Waals surface area contributed by atoms with Crippen LogP contribution in [0.25, 0.3) is 0 Å². The SMILES string of the molecule is CC/C=C\C/C=C\C/C=C\C/C=C\CCCCCCCCCOCC(COP(=O)([O-])OCC[N+](C)(C)C)OC(=O)CCCCCCC/C=C\C/C=C\CCCCCC. The fourth-order valence-corrected chi connectivity index (χ4v) is 6.65. The van der Waals surface area contributed by atoms with E-state index in [1.54, 1.807) is 0 Å². The molecule has 0 spiro atoms. The molecule has 0 aromatic rings. The van der Waals surface area contributed by atoms with Crippen molar-refractivity contribution >= 4 is 13.8 Å². The lowest BCUT2D eigenvalue weighted by Gasteiger charge is -2.28. The van der Waals surface area contributed by atoms with E-state index in [2.05, 4.69) is 86.8 Å². The molecular formula is C49H88NO7P. The molecule has 2 atom stereocenters. The Labute approximate surface area is 357 Å². The van der Waals surface area contributed by atoms with Gasteiger partial charge in [-0.25, -0.2) is 0 Å². The minimum absolute atomic E-state index is 0.0173. The molecule has 58 heavy (non-hydrogen) atoms. The van der Waals surface area contributed by atoms with E-state index in [4.69, 9.17) is 18.5 Å². The van der Waals surface area contributed by atoms with Gasteiger partial charge in [-0.1, -0.05) is 157 Å². The number of unbranched alkanes of at least 4 members (excludes halogenated alkanes) is 16. The van der Waals surface area contributed by atoms with Crippen LogP contribution in [0.2, 0.25) is 0 Å². The molecule has 2 unspecified atom stereocenters. The van der Waals surface area contributed by atoms with Gasteiger partial charge in [0, 0.05) is 13.0 Å². The van der Waals surface area contributed by atoms with E-state index in [-0.39, 0.29) is 25.8 Å². The van der Waals surface area contributed by atoms with Gasteiger partial charge in [-0.3, -0.25) is 9.36 Å². The maximum Gasteiger partial charge on any atom is 0.306 e. The Balaban J connectivity index is 4.26. The fraction of sp³-hybridized carbons (Fsp3) is 0.735. The number of hydrogen-bond acceptors (Lipinski definition) is 7. The highest BCUT2D eigenvalue weighted by Gasteiger charge is 2.20. The van der Waals surface area contributed by atoms with Crippen LogP contribution in [0.5, 0.6) is 0 Å². The molecule has 9 heteroatoms. The predicted molar refractivity (Wildman–Crippen MR) is 245 cm³/mol. The number of hydrogen-bond donors (Lipinski definition) is 0. The summed E-state index contributed by atoms with van der Waals surface area (Å²) >= 11 is 0. The first-order valence-corrected chi connectivity index (χ1v) is 24.6. The third-order valence-corrected chi connectivity index (χ3v) is 10.5. The number of carbonyl (C=O) groups excluding carboxylic acids is 1. The number of allylic oxidation sites excluding steroid dienone is 12. The quantitative estimate of drug-likeness (QED) is 0.0199. The van der Waals surface area contributed by atoms with Gasteiger partial charge in [0.25, 0.3) is 7.82 Å². The Hall–Kier alpha value is -2.06. The van der Waals surface area contributed by atoms with Crippen LogP contribution in [0.15, 0.2) is 72.9 Å². The maximum absolute atomic E-state index is 12.7. The summed E-state index contributed by atoms with van der Waals surface area (Å²) in [7, 11) is 1.33. The molecule has 0 radical (unpaired) electrons. The number of phosphoric acid groups is 1. The molecule has 0 rings (SSSR count). The Morgan fingerprint density at radius 2 is 1.00 bits per heavy atom. The molecule has 0 saturated heterocycles. The number of ether oxygens (including phenoxy) is 2. The second-order valence-corrected chi connectivity index (χ2v) is 17.8. The summed E-state index contributed by atoms with van der Waals surface area (Å²) in [5.41, 5.74) is 0. The summed E-state index contributed by atoms with van der Waals surface area (Å²) in [6, 6.07) is 0. The van der Waals surface area contributed by atoms with Crippen molar-refractivity contribution in [3.8, 4) is 0 Å². The second-order valence-electron chi connectivity index (χ2n) is 16.4. The minimum Gasteiger partial charge on any atom is -0.756 e. The van der Waals surface area contributed by atoms with Crippen molar-refractivity contribution < 1.29 is 37.3 Å². The highest BCUT2D eigenvalue weighted by atomic mass is 31.2. The first kappa shape index (κ1) is 55.9. The molecule has 0 heterocycles. The van der Waals surface area contributed by atoms with Gasteiger partial charge in [-0.05, 0) is 83.5 Å². The standard InChI is InChI=1S/C49H88NO7P/c1-6-8-10-12-14-16-18-20-22-24-25-26-27-29-31-33-35-37-39-41-44-54-46-48(47-56-58(52,53)55-45-43-50(3,4)5)57-49(51)42-40-38-36-34-32-30-28-23-21-19-17-15-13-11-9-7-2/h8,10,14,16-17,19-20,22-23,25-26,28,48H,6-7,9,11-13,15,18,21,24,27,29-47H2,1-5H3/b10-8-,16-14-,19-17-,22-20-,26-25-,28-23-. The largest absolute Gasteiger partial charge is 0.756 e. The molecule has 8 nitrogen and oxygen atoms in total. The normalized spacial score (nSPS) is 14.4. The number of phosphoric ester groups is 1. The van der Waals surface area contributed by atoms with Gasteiger partial charge < -0.3 is 27.9 Å². The van der Waals surface area contributed by atoms with Gasteiger partial charge in [0.2, 0.25) is 0 Å². The summed E-state index contributed by atoms with van der Waals surface area (Å²) in [6.07, 6.45) is 53.4. The summed E-state index contributed by atoms with van der Waals surface area (Å²) < 4.78 is 34.6. The summed E-state index contributed by atoms with van der Waals surface area (Å²) in [5, 5.41) is 0. The van der Waals surface area contributed by atoms with E-state index >= 15 is 0 Å². The first-order chi connectivity index (χ1) is 28.1. The molecule has 0 aromatic heterocycles. The molecule has 0 aromatic carbocycles. The number of carbonyl (C=O) groups is 1. The van der Waals surface area contributed by atoms with E-state index in [1.807, 2.05) is 21.1 Å². The predicted octanol–water partition coefficient (Wildman–Crippen LogP) is 13.3. The van der Waals surface area contributed by atoms with E-state index < -0.39 is 13.9 Å². The van der Waals surface area contributed by atoms with Crippen molar-refractivity contribution in [3.63, 3.8) is 0 Å². The highest BCUT2D eigenvalue weighted by molar-refractivity contribution is 7.45. The van der Waals surface area contributed by atoms with Crippen LogP contribution in [-0.4, -0.2) is 70.7 Å². The van der Waals surface area contributed by atoms with Gasteiger partial charge in [0.1, 0.15) is 19.3 Å². The van der Waals surface area contributed by atoms with Crippen molar-refractivity contribution in [2.75, 3.05) is 54.1 Å². The lowest BCUT2D eigenvalue weighted by molar-refractivity contribution is -0.870. The molecular weight excluding hydrogens is 746 g/mol. The van der Waals surface area contributed by atoms with Gasteiger partial charge >= 0.3 is 5.97 Å². The summed E-state index contributed by atoms with van der Waals surface area (Å²) in [4.78, 5) is 25.1. The topological polar surface area (TPSA) is 94.1 Å². The fourth-order valence-electron chi connectivity index (χ4n) is 5.92. The number of nitrogens with zero attached hydrogens (tertiary/aromatic N) is 1. The summed E-state index contributed by atoms with van der Waals surface area (Å²) in [6.45, 7) is 5.22. The van der Waals surface area contributed by atoms with Crippen LogP contribution in [0.1, 0.15) is 174 Å². The number of likely N-dealkylation sites (N-methyl/N-ethyl adjacent to an activating group) is 1. The van der Waals surface area contributed by atoms with Crippen LogP contribution in [0.3, 0.4) is 0 Å². The van der Waals surface area contributed by atoms with E-state index in [0.29, 0.717) is 24.1 Å². The molecule has 0 N–H and O–H groups in total. The number of quaternary nitrogens is 1. The molecule has 0 amide bonds. The number of esters is 1. The maximum atomic E-state index is 12.7. The van der Waals surface area contributed by atoms with E-state index in [0.717, 1.165) is 96.3 Å². The van der Waals surface area contributed by atoms with Crippen LogP contribution in [0.4, 0.5) is 0 Å². The second kappa shape index (κ2) is 41.7. The molecule has 0 aliphatic rings. The van der Waals surface area contributed by atoms with Crippen molar-refractivity contribution in [2.45, 2.75) is 180 Å². The highest BCUT2D eigenvalue weighted by Crippen LogP contribution is 2.38. The monoisotopic (exact) mass is 834 g/mol. The van der Waals surface area contributed by atoms with Gasteiger partial charge in [0.15, 0.2) is 0 Å². The molecule has 0 fully saturated rings. The molecule has 336 valence electrons. The van der Waals surface area contributed by atoms with Gasteiger partial charge in [-0.15, -0.1) is 0 Å². The Bertz CT molecular complexity index is 1150. The van der Waals surface area contributed by atoms with Gasteiger partial charge in [-0.2, -0.15) is 0 Å². The van der Waals surface area contributed by atoms with Crippen molar-refractivity contribution in [2.24, 2.45) is 0 Å². The summed E-state index contributed by atoms with van der Waals surface area (Å²) in [5.74, 6) is -0.354. The van der Waals surface area contributed by atoms with Crippen molar-refractivity contribution in [1.29, 1.82) is 0 Å². The number of rotatable bonds is 42. The zero-order valence-electron chi connectivity index (χ0n) is 38.0. The average Bonchev–Trinajstić information content (AvgIpc) is 3.18. The van der Waals surface area contributed by atoms with Crippen molar-refractivity contribution in [3.05, 3.63) is 72.9 Å². The minimum atomic E-state index is -4.54. The van der Waals surface area contributed by atoms with Crippen LogP contribution in [-0.2, 0) is 27.9 Å². The van der Waals surface area contributed by atoms with Crippen LogP contribution >= 0.6 is 7.82 Å². The van der Waals surface area contributed by atoms with Gasteiger partial charge in [0.05, 0.1) is 34.4 Å². The Morgan fingerprint density at radius 1 is 0.552 bits per heavy atom. The third kappa shape index (κ3) is 45.0. The van der Waals surface area contributed by atoms with Crippen LogP contribution < -0.4 is 4.89 Å². The average molecular weight is 834 g/mol. The Kier molecular flexibility index (Phi) is 40.2. The zero-order chi connectivity index (χ0) is 42.7. The smallest absolute Gasteiger partial charge is 0.306 e. The van der Waals surface area contributed by atoms with E-state index in [1.165, 1.54) is 57.8 Å². The Morgan fingerprint density at radius 3 is 1.50 bits per heavy atom. The molecule has 0 aliphatic carbocycles. The first-order valence-electron chi connectivity index (χ1n) is 23.2. The van der Waals surface area contributed by atoms with E-state index in [9.17, 15) is 14.3 Å². The molecule has 0 saturated carbocycles. The lowest BCUT2D eigenvalue weighted by atomic mass is 10.1. The van der Waals surface area contributed by atoms with Crippen LogP contribution in [0, 0.1) is 0 Å². The lowest BCUT2D eigenvalue weighted by Crippen LogP contribution is -2.37. The molecule has 0 bridgehead atoms. The van der Waals surface area contributed by atoms with Crippen molar-refractivity contribution in [1.82, 2.24) is 0 Å². The molecule has 0 aliphatic heterocycles.